The zero-order chi connectivity index (χ0) is 13.3. The number of halogens is 1. The highest BCUT2D eigenvalue weighted by Crippen LogP contribution is 2.32. The molecule has 1 fully saturated rings. The zero-order valence-electron chi connectivity index (χ0n) is 10.3. The van der Waals surface area contributed by atoms with Gasteiger partial charge in [0.25, 0.3) is 0 Å². The number of anilines is 1. The molecule has 1 aromatic carbocycles. The summed E-state index contributed by atoms with van der Waals surface area (Å²) in [5.74, 6) is 0.535. The van der Waals surface area contributed by atoms with Crippen molar-refractivity contribution in [1.29, 1.82) is 0 Å². The first-order valence-corrected chi connectivity index (χ1v) is 8.23. The van der Waals surface area contributed by atoms with Crippen LogP contribution in [0.4, 0.5) is 5.69 Å². The third-order valence-corrected chi connectivity index (χ3v) is 5.78. The van der Waals surface area contributed by atoms with Gasteiger partial charge in [0.15, 0.2) is 0 Å². The van der Waals surface area contributed by atoms with Crippen LogP contribution in [0.3, 0.4) is 0 Å². The molecule has 2 rings (SSSR count). The highest BCUT2D eigenvalue weighted by atomic mass is 79.9. The molecular formula is C12H17BrN2O2S. The van der Waals surface area contributed by atoms with Gasteiger partial charge in [-0.25, -0.2) is 8.42 Å². The number of sulfonamides is 1. The number of nitrogens with two attached hydrogens (primary N) is 1. The second-order valence-electron chi connectivity index (χ2n) is 4.58. The summed E-state index contributed by atoms with van der Waals surface area (Å²) in [7, 11) is -3.41. The second-order valence-corrected chi connectivity index (χ2v) is 7.37. The topological polar surface area (TPSA) is 63.4 Å². The summed E-state index contributed by atoms with van der Waals surface area (Å²) in [6.45, 7) is 2.98. The number of benzene rings is 1. The minimum Gasteiger partial charge on any atom is -0.398 e. The molecule has 0 atom stereocenters. The molecule has 0 aliphatic heterocycles. The van der Waals surface area contributed by atoms with Crippen molar-refractivity contribution in [2.45, 2.75) is 24.7 Å². The maximum atomic E-state index is 12.4. The lowest BCUT2D eigenvalue weighted by Gasteiger charge is -2.20. The van der Waals surface area contributed by atoms with E-state index in [1.54, 1.807) is 12.1 Å². The molecule has 1 saturated carbocycles. The monoisotopic (exact) mass is 332 g/mol. The molecule has 0 spiro atoms. The smallest absolute Gasteiger partial charge is 0.243 e. The number of hydrogen-bond acceptors (Lipinski definition) is 3. The Labute approximate surface area is 116 Å². The standard InChI is InChI=1S/C12H17BrN2O2S/c1-2-15(8-9-3-4-9)18(16,17)10-5-6-11(13)12(14)7-10/h5-7,9H,2-4,8,14H2,1H3. The Bertz CT molecular complexity index is 541. The van der Waals surface area contributed by atoms with Crippen LogP contribution in [-0.2, 0) is 10.0 Å². The van der Waals surface area contributed by atoms with Gasteiger partial charge >= 0.3 is 0 Å². The van der Waals surface area contributed by atoms with Gasteiger partial charge in [0, 0.05) is 23.2 Å². The van der Waals surface area contributed by atoms with E-state index in [0.29, 0.717) is 29.2 Å². The molecule has 0 bridgehead atoms. The molecule has 1 aliphatic carbocycles. The number of rotatable bonds is 5. The maximum absolute atomic E-state index is 12.4. The first-order valence-electron chi connectivity index (χ1n) is 6.00. The quantitative estimate of drug-likeness (QED) is 0.842. The average molecular weight is 333 g/mol. The molecule has 0 aromatic heterocycles. The Morgan fingerprint density at radius 1 is 1.44 bits per heavy atom. The van der Waals surface area contributed by atoms with Gasteiger partial charge in [0.05, 0.1) is 4.90 Å². The lowest BCUT2D eigenvalue weighted by molar-refractivity contribution is 0.412. The molecule has 0 radical (unpaired) electrons. The van der Waals surface area contributed by atoms with Gasteiger partial charge in [-0.1, -0.05) is 6.92 Å². The summed E-state index contributed by atoms with van der Waals surface area (Å²) in [6.07, 6.45) is 2.27. The van der Waals surface area contributed by atoms with Gasteiger partial charge in [0.1, 0.15) is 0 Å². The third-order valence-electron chi connectivity index (χ3n) is 3.12. The van der Waals surface area contributed by atoms with Crippen LogP contribution < -0.4 is 5.73 Å². The van der Waals surface area contributed by atoms with Crippen molar-refractivity contribution in [2.75, 3.05) is 18.8 Å². The van der Waals surface area contributed by atoms with Gasteiger partial charge in [-0.05, 0) is 52.9 Å². The minimum atomic E-state index is -3.41. The van der Waals surface area contributed by atoms with Crippen molar-refractivity contribution < 1.29 is 8.42 Å². The summed E-state index contributed by atoms with van der Waals surface area (Å²) in [5, 5.41) is 0. The van der Waals surface area contributed by atoms with Crippen LogP contribution >= 0.6 is 15.9 Å². The van der Waals surface area contributed by atoms with E-state index in [-0.39, 0.29) is 4.90 Å². The molecule has 0 saturated heterocycles. The van der Waals surface area contributed by atoms with E-state index in [9.17, 15) is 8.42 Å². The summed E-state index contributed by atoms with van der Waals surface area (Å²) in [6, 6.07) is 4.77. The number of nitrogen functional groups attached to an aromatic ring is 1. The van der Waals surface area contributed by atoms with Crippen molar-refractivity contribution in [2.24, 2.45) is 5.92 Å². The average Bonchev–Trinajstić information content (AvgIpc) is 3.13. The fourth-order valence-electron chi connectivity index (χ4n) is 1.82. The largest absolute Gasteiger partial charge is 0.398 e. The zero-order valence-corrected chi connectivity index (χ0v) is 12.7. The minimum absolute atomic E-state index is 0.269. The van der Waals surface area contributed by atoms with Crippen LogP contribution in [0.2, 0.25) is 0 Å². The maximum Gasteiger partial charge on any atom is 0.243 e. The molecule has 0 heterocycles. The lowest BCUT2D eigenvalue weighted by atomic mass is 10.3. The molecular weight excluding hydrogens is 316 g/mol. The normalized spacial score (nSPS) is 16.2. The van der Waals surface area contributed by atoms with E-state index in [2.05, 4.69) is 15.9 Å². The molecule has 1 aromatic rings. The van der Waals surface area contributed by atoms with E-state index in [4.69, 9.17) is 5.73 Å². The summed E-state index contributed by atoms with van der Waals surface area (Å²) in [4.78, 5) is 0.269. The first kappa shape index (κ1) is 13.8. The van der Waals surface area contributed by atoms with Crippen LogP contribution in [-0.4, -0.2) is 25.8 Å². The molecule has 0 unspecified atom stereocenters. The fraction of sp³-hybridized carbons (Fsp3) is 0.500. The Hall–Kier alpha value is -0.590. The number of nitrogens with zero attached hydrogens (tertiary/aromatic N) is 1. The highest BCUT2D eigenvalue weighted by molar-refractivity contribution is 9.10. The molecule has 0 amide bonds. The van der Waals surface area contributed by atoms with Crippen molar-refractivity contribution in [3.8, 4) is 0 Å². The van der Waals surface area contributed by atoms with Crippen LogP contribution in [0.25, 0.3) is 0 Å². The fourth-order valence-corrected chi connectivity index (χ4v) is 3.62. The van der Waals surface area contributed by atoms with Crippen LogP contribution in [0, 0.1) is 5.92 Å². The molecule has 1 aliphatic rings. The van der Waals surface area contributed by atoms with E-state index >= 15 is 0 Å². The number of hydrogen-bond donors (Lipinski definition) is 1. The molecule has 6 heteroatoms. The summed E-state index contributed by atoms with van der Waals surface area (Å²) in [5.41, 5.74) is 6.19. The van der Waals surface area contributed by atoms with Crippen LogP contribution in [0.5, 0.6) is 0 Å². The predicted molar refractivity (Wildman–Crippen MR) is 75.7 cm³/mol. The van der Waals surface area contributed by atoms with Crippen LogP contribution in [0.1, 0.15) is 19.8 Å². The van der Waals surface area contributed by atoms with Crippen molar-refractivity contribution in [3.05, 3.63) is 22.7 Å². The van der Waals surface area contributed by atoms with Gasteiger partial charge in [-0.3, -0.25) is 0 Å². The van der Waals surface area contributed by atoms with E-state index in [0.717, 1.165) is 12.8 Å². The van der Waals surface area contributed by atoms with E-state index in [1.807, 2.05) is 6.92 Å². The van der Waals surface area contributed by atoms with Gasteiger partial charge in [0.2, 0.25) is 10.0 Å². The van der Waals surface area contributed by atoms with Gasteiger partial charge < -0.3 is 5.73 Å². The molecule has 2 N–H and O–H groups in total. The van der Waals surface area contributed by atoms with E-state index in [1.165, 1.54) is 10.4 Å². The Morgan fingerprint density at radius 2 is 2.11 bits per heavy atom. The first-order chi connectivity index (χ1) is 8.45. The molecule has 18 heavy (non-hydrogen) atoms. The Balaban J connectivity index is 2.29. The van der Waals surface area contributed by atoms with Gasteiger partial charge in [-0.2, -0.15) is 4.31 Å². The predicted octanol–water partition coefficient (Wildman–Crippen LogP) is 2.45. The van der Waals surface area contributed by atoms with Crippen LogP contribution in [0.15, 0.2) is 27.6 Å². The van der Waals surface area contributed by atoms with Crippen molar-refractivity contribution in [3.63, 3.8) is 0 Å². The van der Waals surface area contributed by atoms with Gasteiger partial charge in [-0.15, -0.1) is 0 Å². The van der Waals surface area contributed by atoms with E-state index < -0.39 is 10.0 Å². The van der Waals surface area contributed by atoms with Crippen molar-refractivity contribution >= 4 is 31.6 Å². The Kier molecular flexibility index (Phi) is 3.99. The summed E-state index contributed by atoms with van der Waals surface area (Å²) < 4.78 is 27.1. The lowest BCUT2D eigenvalue weighted by Crippen LogP contribution is -2.32. The SMILES string of the molecule is CCN(CC1CC1)S(=O)(=O)c1ccc(Br)c(N)c1. The highest BCUT2D eigenvalue weighted by Gasteiger charge is 2.30. The molecule has 100 valence electrons. The summed E-state index contributed by atoms with van der Waals surface area (Å²) >= 11 is 3.27. The second kappa shape index (κ2) is 5.19. The third kappa shape index (κ3) is 2.87. The molecule has 4 nitrogen and oxygen atoms in total. The Morgan fingerprint density at radius 3 is 2.61 bits per heavy atom. The van der Waals surface area contributed by atoms with Crippen molar-refractivity contribution in [1.82, 2.24) is 4.31 Å².